The Hall–Kier alpha value is -2.56. The molecule has 0 radical (unpaired) electrons. The van der Waals surface area contributed by atoms with Crippen molar-refractivity contribution in [2.24, 2.45) is 0 Å². The lowest BCUT2D eigenvalue weighted by atomic mass is 10.2. The number of hydrogen-bond donors (Lipinski definition) is 1. The van der Waals surface area contributed by atoms with Gasteiger partial charge in [-0.3, -0.25) is 10.1 Å². The normalized spacial score (nSPS) is 10.2. The van der Waals surface area contributed by atoms with Crippen LogP contribution in [-0.2, 0) is 0 Å². The van der Waals surface area contributed by atoms with Crippen molar-refractivity contribution >= 4 is 11.4 Å². The molecule has 2 aromatic carbocycles. The summed E-state index contributed by atoms with van der Waals surface area (Å²) in [6.07, 6.45) is 0. The minimum Gasteiger partial charge on any atom is -0.491 e. The Balaban J connectivity index is 1.85. The highest BCUT2D eigenvalue weighted by atomic mass is 16.6. The lowest BCUT2D eigenvalue weighted by molar-refractivity contribution is -0.385. The fraction of sp³-hybridized carbons (Fsp3) is 0.250. The van der Waals surface area contributed by atoms with E-state index in [9.17, 15) is 10.1 Å². The summed E-state index contributed by atoms with van der Waals surface area (Å²) >= 11 is 0. The summed E-state index contributed by atoms with van der Waals surface area (Å²) in [4.78, 5) is 10.4. The zero-order valence-electron chi connectivity index (χ0n) is 12.1. The van der Waals surface area contributed by atoms with Gasteiger partial charge in [-0.05, 0) is 37.6 Å². The van der Waals surface area contributed by atoms with Gasteiger partial charge in [0.2, 0.25) is 0 Å². The van der Waals surface area contributed by atoms with E-state index in [0.717, 1.165) is 17.0 Å². The maximum absolute atomic E-state index is 10.7. The number of ether oxygens (including phenoxy) is 1. The van der Waals surface area contributed by atoms with E-state index in [1.54, 1.807) is 19.1 Å². The van der Waals surface area contributed by atoms with Crippen molar-refractivity contribution in [3.8, 4) is 5.75 Å². The molecule has 0 bridgehead atoms. The molecule has 0 aliphatic rings. The topological polar surface area (TPSA) is 64.4 Å². The molecule has 2 rings (SSSR count). The number of nitrogens with zero attached hydrogens (tertiary/aromatic N) is 1. The van der Waals surface area contributed by atoms with Gasteiger partial charge in [0.15, 0.2) is 0 Å². The fourth-order valence-corrected chi connectivity index (χ4v) is 2.05. The number of nitrogens with one attached hydrogen (secondary N) is 1. The Morgan fingerprint density at radius 1 is 1.14 bits per heavy atom. The first kappa shape index (κ1) is 14.8. The third-order valence-electron chi connectivity index (χ3n) is 3.18. The SMILES string of the molecule is Cc1ccccc1OCCNc1ccc([N+](=O)[O-])c(C)c1. The number of anilines is 1. The maximum Gasteiger partial charge on any atom is 0.272 e. The number of nitro benzene ring substituents is 1. The van der Waals surface area contributed by atoms with Gasteiger partial charge in [0.1, 0.15) is 12.4 Å². The zero-order chi connectivity index (χ0) is 15.2. The molecule has 5 nitrogen and oxygen atoms in total. The first-order chi connectivity index (χ1) is 10.1. The lowest BCUT2D eigenvalue weighted by Gasteiger charge is -2.10. The average Bonchev–Trinajstić information content (AvgIpc) is 2.45. The van der Waals surface area contributed by atoms with Crippen LogP contribution in [0, 0.1) is 24.0 Å². The Morgan fingerprint density at radius 2 is 1.90 bits per heavy atom. The van der Waals surface area contributed by atoms with Crippen molar-refractivity contribution in [1.29, 1.82) is 0 Å². The highest BCUT2D eigenvalue weighted by molar-refractivity contribution is 5.53. The molecule has 0 atom stereocenters. The van der Waals surface area contributed by atoms with Crippen molar-refractivity contribution in [1.82, 2.24) is 0 Å². The number of para-hydroxylation sites is 1. The van der Waals surface area contributed by atoms with Crippen molar-refractivity contribution in [2.45, 2.75) is 13.8 Å². The molecule has 21 heavy (non-hydrogen) atoms. The van der Waals surface area contributed by atoms with Crippen LogP contribution in [-0.4, -0.2) is 18.1 Å². The van der Waals surface area contributed by atoms with E-state index in [2.05, 4.69) is 5.32 Å². The van der Waals surface area contributed by atoms with Gasteiger partial charge in [-0.15, -0.1) is 0 Å². The highest BCUT2D eigenvalue weighted by Gasteiger charge is 2.09. The number of nitro groups is 1. The number of rotatable bonds is 6. The molecule has 0 saturated heterocycles. The average molecular weight is 286 g/mol. The number of aryl methyl sites for hydroxylation is 2. The molecule has 0 aromatic heterocycles. The molecule has 1 N–H and O–H groups in total. The van der Waals surface area contributed by atoms with Gasteiger partial charge in [-0.1, -0.05) is 18.2 Å². The van der Waals surface area contributed by atoms with E-state index in [-0.39, 0.29) is 10.6 Å². The van der Waals surface area contributed by atoms with Crippen LogP contribution in [0.25, 0.3) is 0 Å². The van der Waals surface area contributed by atoms with Crippen LogP contribution in [0.3, 0.4) is 0 Å². The van der Waals surface area contributed by atoms with Crippen LogP contribution in [0.4, 0.5) is 11.4 Å². The van der Waals surface area contributed by atoms with Crippen LogP contribution in [0.5, 0.6) is 5.75 Å². The van der Waals surface area contributed by atoms with E-state index in [1.165, 1.54) is 6.07 Å². The summed E-state index contributed by atoms with van der Waals surface area (Å²) in [5.41, 5.74) is 2.73. The molecule has 0 fully saturated rings. The van der Waals surface area contributed by atoms with Crippen molar-refractivity contribution in [2.75, 3.05) is 18.5 Å². The Labute approximate surface area is 123 Å². The molecule has 0 aliphatic heterocycles. The van der Waals surface area contributed by atoms with Crippen LogP contribution < -0.4 is 10.1 Å². The minimum atomic E-state index is -0.375. The van der Waals surface area contributed by atoms with E-state index in [1.807, 2.05) is 31.2 Å². The monoisotopic (exact) mass is 286 g/mol. The summed E-state index contributed by atoms with van der Waals surface area (Å²) in [5.74, 6) is 0.874. The van der Waals surface area contributed by atoms with Gasteiger partial charge >= 0.3 is 0 Å². The molecule has 0 spiro atoms. The number of hydrogen-bond acceptors (Lipinski definition) is 4. The summed E-state index contributed by atoms with van der Waals surface area (Å²) in [5, 5.41) is 13.9. The summed E-state index contributed by atoms with van der Waals surface area (Å²) in [7, 11) is 0. The fourth-order valence-electron chi connectivity index (χ4n) is 2.05. The van der Waals surface area contributed by atoms with Crippen LogP contribution in [0.15, 0.2) is 42.5 Å². The molecule has 0 saturated carbocycles. The van der Waals surface area contributed by atoms with Gasteiger partial charge in [0.25, 0.3) is 5.69 Å². The molecule has 5 heteroatoms. The van der Waals surface area contributed by atoms with E-state index < -0.39 is 0 Å². The molecule has 0 unspecified atom stereocenters. The second-order valence-corrected chi connectivity index (χ2v) is 4.80. The quantitative estimate of drug-likeness (QED) is 0.499. The van der Waals surface area contributed by atoms with Crippen LogP contribution in [0.1, 0.15) is 11.1 Å². The van der Waals surface area contributed by atoms with Crippen LogP contribution >= 0.6 is 0 Å². The first-order valence-electron chi connectivity index (χ1n) is 6.75. The molecular weight excluding hydrogens is 268 g/mol. The molecular formula is C16H18N2O3. The maximum atomic E-state index is 10.7. The molecule has 2 aromatic rings. The second kappa shape index (κ2) is 6.74. The summed E-state index contributed by atoms with van der Waals surface area (Å²) in [6.45, 7) is 4.89. The second-order valence-electron chi connectivity index (χ2n) is 4.80. The molecule has 110 valence electrons. The van der Waals surface area contributed by atoms with E-state index in [4.69, 9.17) is 4.74 Å². The van der Waals surface area contributed by atoms with E-state index in [0.29, 0.717) is 18.7 Å². The summed E-state index contributed by atoms with van der Waals surface area (Å²) < 4.78 is 5.68. The van der Waals surface area contributed by atoms with Gasteiger partial charge in [0, 0.05) is 23.9 Å². The van der Waals surface area contributed by atoms with Crippen molar-refractivity contribution in [3.63, 3.8) is 0 Å². The van der Waals surface area contributed by atoms with Crippen molar-refractivity contribution in [3.05, 3.63) is 63.7 Å². The first-order valence-corrected chi connectivity index (χ1v) is 6.75. The van der Waals surface area contributed by atoms with Gasteiger partial charge in [0.05, 0.1) is 4.92 Å². The minimum absolute atomic E-state index is 0.136. The largest absolute Gasteiger partial charge is 0.491 e. The van der Waals surface area contributed by atoms with E-state index >= 15 is 0 Å². The van der Waals surface area contributed by atoms with Crippen LogP contribution in [0.2, 0.25) is 0 Å². The molecule has 0 aliphatic carbocycles. The predicted molar refractivity (Wildman–Crippen MR) is 83.0 cm³/mol. The third kappa shape index (κ3) is 3.95. The number of benzene rings is 2. The Kier molecular flexibility index (Phi) is 4.77. The molecule has 0 heterocycles. The lowest BCUT2D eigenvalue weighted by Crippen LogP contribution is -2.12. The zero-order valence-corrected chi connectivity index (χ0v) is 12.1. The standard InChI is InChI=1S/C16H18N2O3/c1-12-5-3-4-6-16(12)21-10-9-17-14-7-8-15(18(19)20)13(2)11-14/h3-8,11,17H,9-10H2,1-2H3. The smallest absolute Gasteiger partial charge is 0.272 e. The van der Waals surface area contributed by atoms with Gasteiger partial charge in [-0.2, -0.15) is 0 Å². The van der Waals surface area contributed by atoms with Gasteiger partial charge < -0.3 is 10.1 Å². The Morgan fingerprint density at radius 3 is 2.57 bits per heavy atom. The molecule has 0 amide bonds. The summed E-state index contributed by atoms with van der Waals surface area (Å²) in [6, 6.07) is 12.8. The predicted octanol–water partition coefficient (Wildman–Crippen LogP) is 3.70. The highest BCUT2D eigenvalue weighted by Crippen LogP contribution is 2.21. The Bertz CT molecular complexity index is 641. The van der Waals surface area contributed by atoms with Gasteiger partial charge in [-0.25, -0.2) is 0 Å². The third-order valence-corrected chi connectivity index (χ3v) is 3.18. The van der Waals surface area contributed by atoms with Crippen molar-refractivity contribution < 1.29 is 9.66 Å².